The summed E-state index contributed by atoms with van der Waals surface area (Å²) in [5, 5.41) is 8.57. The van der Waals surface area contributed by atoms with Gasteiger partial charge in [-0.2, -0.15) is 5.10 Å². The molecule has 6 heteroatoms. The first-order valence-electron chi connectivity index (χ1n) is 6.18. The fraction of sp³-hybridized carbons (Fsp3) is 0.667. The van der Waals surface area contributed by atoms with E-state index in [9.17, 15) is 0 Å². The van der Waals surface area contributed by atoms with Crippen LogP contribution in [0.15, 0.2) is 17.4 Å². The van der Waals surface area contributed by atoms with E-state index in [-0.39, 0.29) is 0 Å². The van der Waals surface area contributed by atoms with Crippen LogP contribution >= 0.6 is 11.8 Å². The van der Waals surface area contributed by atoms with Gasteiger partial charge < -0.3 is 10.1 Å². The number of ether oxygens (including phenoxy) is 1. The van der Waals surface area contributed by atoms with E-state index in [0.29, 0.717) is 18.6 Å². The van der Waals surface area contributed by atoms with Gasteiger partial charge in [-0.3, -0.25) is 9.67 Å². The van der Waals surface area contributed by atoms with Gasteiger partial charge in [0.1, 0.15) is 0 Å². The molecule has 0 fully saturated rings. The van der Waals surface area contributed by atoms with E-state index in [1.54, 1.807) is 18.9 Å². The van der Waals surface area contributed by atoms with Crippen LogP contribution in [0.3, 0.4) is 0 Å². The van der Waals surface area contributed by atoms with E-state index >= 15 is 0 Å². The van der Waals surface area contributed by atoms with E-state index < -0.39 is 0 Å². The molecule has 1 aliphatic heterocycles. The van der Waals surface area contributed by atoms with Crippen LogP contribution in [0.5, 0.6) is 0 Å². The molecule has 1 unspecified atom stereocenters. The van der Waals surface area contributed by atoms with E-state index in [1.807, 2.05) is 17.1 Å². The van der Waals surface area contributed by atoms with Gasteiger partial charge in [-0.15, -0.1) is 0 Å². The van der Waals surface area contributed by atoms with Crippen LogP contribution in [0.4, 0.5) is 5.69 Å². The summed E-state index contributed by atoms with van der Waals surface area (Å²) in [5.41, 5.74) is 0.988. The number of nitrogens with zero attached hydrogens (tertiary/aromatic N) is 3. The minimum Gasteiger partial charge on any atom is -0.383 e. The molecule has 2 rings (SSSR count). The lowest BCUT2D eigenvalue weighted by Crippen LogP contribution is -2.12. The van der Waals surface area contributed by atoms with Crippen molar-refractivity contribution in [1.29, 1.82) is 0 Å². The van der Waals surface area contributed by atoms with Crippen LogP contribution in [0.1, 0.15) is 13.8 Å². The molecule has 1 aromatic heterocycles. The zero-order valence-corrected chi connectivity index (χ0v) is 11.9. The summed E-state index contributed by atoms with van der Waals surface area (Å²) in [6, 6.07) is 0.432. The third kappa shape index (κ3) is 3.49. The van der Waals surface area contributed by atoms with Crippen LogP contribution < -0.4 is 5.32 Å². The van der Waals surface area contributed by atoms with Crippen molar-refractivity contribution < 1.29 is 4.74 Å². The first kappa shape index (κ1) is 13.4. The number of rotatable bonds is 5. The molecule has 100 valence electrons. The molecule has 1 aromatic rings. The lowest BCUT2D eigenvalue weighted by atomic mass is 10.1. The zero-order valence-electron chi connectivity index (χ0n) is 11.1. The maximum absolute atomic E-state index is 5.02. The number of methoxy groups -OCH3 is 1. The van der Waals surface area contributed by atoms with Gasteiger partial charge in [0.05, 0.1) is 31.1 Å². The molecule has 1 aliphatic rings. The van der Waals surface area contributed by atoms with Gasteiger partial charge >= 0.3 is 0 Å². The predicted octanol–water partition coefficient (Wildman–Crippen LogP) is 2.07. The van der Waals surface area contributed by atoms with Crippen LogP contribution in [-0.2, 0) is 11.3 Å². The second kappa shape index (κ2) is 6.24. The van der Waals surface area contributed by atoms with Gasteiger partial charge in [0.2, 0.25) is 0 Å². The third-order valence-electron chi connectivity index (χ3n) is 2.85. The van der Waals surface area contributed by atoms with Crippen molar-refractivity contribution in [2.24, 2.45) is 10.9 Å². The number of hydrogen-bond donors (Lipinski definition) is 1. The summed E-state index contributed by atoms with van der Waals surface area (Å²) in [7, 11) is 1.69. The molecule has 0 saturated carbocycles. The number of aliphatic imine (C=N–C) groups is 1. The summed E-state index contributed by atoms with van der Waals surface area (Å²) in [6.07, 6.45) is 3.80. The second-order valence-electron chi connectivity index (χ2n) is 4.67. The molecule has 5 nitrogen and oxygen atoms in total. The zero-order chi connectivity index (χ0) is 13.0. The summed E-state index contributed by atoms with van der Waals surface area (Å²) < 4.78 is 6.89. The Labute approximate surface area is 112 Å². The summed E-state index contributed by atoms with van der Waals surface area (Å²) >= 11 is 1.78. The highest BCUT2D eigenvalue weighted by atomic mass is 32.2. The molecule has 18 heavy (non-hydrogen) atoms. The Bertz CT molecular complexity index is 416. The topological polar surface area (TPSA) is 51.4 Å². The molecule has 2 heterocycles. The molecule has 1 N–H and O–H groups in total. The fourth-order valence-electron chi connectivity index (χ4n) is 1.66. The Morgan fingerprint density at radius 3 is 3.11 bits per heavy atom. The largest absolute Gasteiger partial charge is 0.383 e. The fourth-order valence-corrected chi connectivity index (χ4v) is 2.85. The Balaban J connectivity index is 1.90. The number of thioether (sulfide) groups is 1. The average molecular weight is 268 g/mol. The molecule has 0 saturated heterocycles. The van der Waals surface area contributed by atoms with Gasteiger partial charge in [0.15, 0.2) is 5.17 Å². The first-order chi connectivity index (χ1) is 8.69. The number of nitrogens with one attached hydrogen (secondary N) is 1. The first-order valence-corrected chi connectivity index (χ1v) is 7.16. The highest BCUT2D eigenvalue weighted by Crippen LogP contribution is 2.24. The van der Waals surface area contributed by atoms with E-state index in [4.69, 9.17) is 4.74 Å². The monoisotopic (exact) mass is 268 g/mol. The summed E-state index contributed by atoms with van der Waals surface area (Å²) in [5.74, 6) is 1.67. The van der Waals surface area contributed by atoms with Crippen LogP contribution in [0, 0.1) is 5.92 Å². The minimum atomic E-state index is 0.432. The Kier molecular flexibility index (Phi) is 4.66. The van der Waals surface area contributed by atoms with Gasteiger partial charge in [0, 0.05) is 19.1 Å². The smallest absolute Gasteiger partial charge is 0.161 e. The third-order valence-corrected chi connectivity index (χ3v) is 3.84. The normalized spacial score (nSPS) is 19.3. The number of aromatic nitrogens is 2. The van der Waals surface area contributed by atoms with Gasteiger partial charge in [-0.25, -0.2) is 0 Å². The quantitative estimate of drug-likeness (QED) is 0.888. The second-order valence-corrected chi connectivity index (χ2v) is 5.68. The van der Waals surface area contributed by atoms with Crippen molar-refractivity contribution >= 4 is 22.6 Å². The van der Waals surface area contributed by atoms with Crippen molar-refractivity contribution in [3.8, 4) is 0 Å². The summed E-state index contributed by atoms with van der Waals surface area (Å²) in [4.78, 5) is 4.66. The molecule has 1 atom stereocenters. The number of hydrogen-bond acceptors (Lipinski definition) is 5. The maximum atomic E-state index is 5.02. The Hall–Kier alpha value is -1.01. The highest BCUT2D eigenvalue weighted by Gasteiger charge is 2.21. The SMILES string of the molecule is COCCn1cc(NC2=NC(C(C)C)CS2)cn1. The minimum absolute atomic E-state index is 0.432. The van der Waals surface area contributed by atoms with Crippen LogP contribution in [0.2, 0.25) is 0 Å². The lowest BCUT2D eigenvalue weighted by Gasteiger charge is -2.07. The molecule has 0 aromatic carbocycles. The molecule has 0 radical (unpaired) electrons. The van der Waals surface area contributed by atoms with Crippen molar-refractivity contribution in [1.82, 2.24) is 9.78 Å². The predicted molar refractivity (Wildman–Crippen MR) is 76.2 cm³/mol. The van der Waals surface area contributed by atoms with Crippen LogP contribution in [0.25, 0.3) is 0 Å². The molecule has 0 bridgehead atoms. The van der Waals surface area contributed by atoms with Crippen LogP contribution in [-0.4, -0.2) is 40.5 Å². The molecular formula is C12H20N4OS. The van der Waals surface area contributed by atoms with E-state index in [2.05, 4.69) is 29.3 Å². The van der Waals surface area contributed by atoms with Crippen molar-refractivity contribution in [3.63, 3.8) is 0 Å². The van der Waals surface area contributed by atoms with Gasteiger partial charge in [-0.05, 0) is 5.92 Å². The average Bonchev–Trinajstić information content (AvgIpc) is 2.96. The summed E-state index contributed by atoms with van der Waals surface area (Å²) in [6.45, 7) is 5.86. The highest BCUT2D eigenvalue weighted by molar-refractivity contribution is 8.14. The van der Waals surface area contributed by atoms with Crippen molar-refractivity contribution in [3.05, 3.63) is 12.4 Å². The van der Waals surface area contributed by atoms with Gasteiger partial charge in [-0.1, -0.05) is 25.6 Å². The molecule has 0 spiro atoms. The van der Waals surface area contributed by atoms with E-state index in [0.717, 1.165) is 23.2 Å². The standard InChI is InChI=1S/C12H20N4OS/c1-9(2)11-8-18-12(15-11)14-10-6-13-16(7-10)4-5-17-3/h6-7,9,11H,4-5,8H2,1-3H3,(H,14,15). The Morgan fingerprint density at radius 2 is 2.44 bits per heavy atom. The molecule has 0 aliphatic carbocycles. The Morgan fingerprint density at radius 1 is 1.61 bits per heavy atom. The maximum Gasteiger partial charge on any atom is 0.161 e. The van der Waals surface area contributed by atoms with Crippen molar-refractivity contribution in [2.45, 2.75) is 26.4 Å². The van der Waals surface area contributed by atoms with E-state index in [1.165, 1.54) is 0 Å². The number of anilines is 1. The number of amidine groups is 1. The van der Waals surface area contributed by atoms with Crippen molar-refractivity contribution in [2.75, 3.05) is 24.8 Å². The molecule has 0 amide bonds. The lowest BCUT2D eigenvalue weighted by molar-refractivity contribution is 0.183. The van der Waals surface area contributed by atoms with Gasteiger partial charge in [0.25, 0.3) is 0 Å². The molecular weight excluding hydrogens is 248 g/mol.